The monoisotopic (exact) mass is 417 g/mol. The van der Waals surface area contributed by atoms with E-state index in [9.17, 15) is 23.1 Å². The van der Waals surface area contributed by atoms with Gasteiger partial charge in [0, 0.05) is 18.7 Å². The summed E-state index contributed by atoms with van der Waals surface area (Å²) in [5.41, 5.74) is 6.89. The van der Waals surface area contributed by atoms with E-state index < -0.39 is 34.0 Å². The van der Waals surface area contributed by atoms with E-state index in [0.29, 0.717) is 24.1 Å². The number of carbonyl (C=O) groups is 2. The second kappa shape index (κ2) is 8.62. The Morgan fingerprint density at radius 2 is 1.79 bits per heavy atom. The Labute approximate surface area is 169 Å². The van der Waals surface area contributed by atoms with E-state index in [-0.39, 0.29) is 17.9 Å². The zero-order chi connectivity index (χ0) is 21.0. The molecule has 1 amide bonds. The van der Waals surface area contributed by atoms with E-state index in [4.69, 9.17) is 5.73 Å². The zero-order valence-corrected chi connectivity index (χ0v) is 16.5. The third kappa shape index (κ3) is 4.75. The lowest BCUT2D eigenvalue weighted by Crippen LogP contribution is -2.51. The SMILES string of the molecule is Nc1ccc(C[C@H](NC(=O)[C@@H]2CCCN2S(=O)(=O)c2ccccc2)C(=O)O)cc1. The summed E-state index contributed by atoms with van der Waals surface area (Å²) in [5.74, 6) is -1.80. The highest BCUT2D eigenvalue weighted by Gasteiger charge is 2.40. The molecule has 0 saturated carbocycles. The maximum atomic E-state index is 12.9. The third-order valence-electron chi connectivity index (χ3n) is 4.89. The summed E-state index contributed by atoms with van der Waals surface area (Å²) in [6.45, 7) is 0.213. The molecule has 2 aromatic carbocycles. The van der Waals surface area contributed by atoms with Crippen LogP contribution in [0.5, 0.6) is 0 Å². The second-order valence-corrected chi connectivity index (χ2v) is 8.82. The molecule has 2 atom stereocenters. The van der Waals surface area contributed by atoms with E-state index in [2.05, 4.69) is 5.32 Å². The van der Waals surface area contributed by atoms with Crippen LogP contribution in [-0.4, -0.2) is 48.3 Å². The maximum Gasteiger partial charge on any atom is 0.326 e. The Bertz CT molecular complexity index is 977. The van der Waals surface area contributed by atoms with Gasteiger partial charge in [-0.1, -0.05) is 30.3 Å². The number of aliphatic carboxylic acids is 1. The van der Waals surface area contributed by atoms with Crippen LogP contribution in [0.25, 0.3) is 0 Å². The van der Waals surface area contributed by atoms with Gasteiger partial charge >= 0.3 is 5.97 Å². The van der Waals surface area contributed by atoms with Crippen LogP contribution in [0.3, 0.4) is 0 Å². The standard InChI is InChI=1S/C20H23N3O5S/c21-15-10-8-14(9-11-15)13-17(20(25)26)22-19(24)18-7-4-12-23(18)29(27,28)16-5-2-1-3-6-16/h1-3,5-6,8-11,17-18H,4,7,12-13,21H2,(H,22,24)(H,25,26)/t17-,18-/m0/s1. The maximum absolute atomic E-state index is 12.9. The van der Waals surface area contributed by atoms with Gasteiger partial charge in [-0.05, 0) is 42.7 Å². The molecular formula is C20H23N3O5S. The third-order valence-corrected chi connectivity index (χ3v) is 6.81. The van der Waals surface area contributed by atoms with Crippen LogP contribution in [0.1, 0.15) is 18.4 Å². The molecule has 1 fully saturated rings. The van der Waals surface area contributed by atoms with Crippen LogP contribution in [-0.2, 0) is 26.0 Å². The number of anilines is 1. The van der Waals surface area contributed by atoms with Crippen molar-refractivity contribution in [2.75, 3.05) is 12.3 Å². The van der Waals surface area contributed by atoms with E-state index in [1.165, 1.54) is 12.1 Å². The molecule has 4 N–H and O–H groups in total. The molecule has 0 aromatic heterocycles. The molecule has 0 unspecified atom stereocenters. The average molecular weight is 417 g/mol. The number of nitrogens with one attached hydrogen (secondary N) is 1. The van der Waals surface area contributed by atoms with Crippen molar-refractivity contribution in [3.63, 3.8) is 0 Å². The second-order valence-electron chi connectivity index (χ2n) is 6.93. The van der Waals surface area contributed by atoms with Gasteiger partial charge in [0.25, 0.3) is 0 Å². The van der Waals surface area contributed by atoms with Gasteiger partial charge < -0.3 is 16.2 Å². The quantitative estimate of drug-likeness (QED) is 0.581. The fourth-order valence-corrected chi connectivity index (χ4v) is 5.05. The number of carbonyl (C=O) groups excluding carboxylic acids is 1. The molecule has 3 rings (SSSR count). The molecule has 1 aliphatic heterocycles. The molecule has 0 radical (unpaired) electrons. The largest absolute Gasteiger partial charge is 0.480 e. The Kier molecular flexibility index (Phi) is 6.19. The normalized spacial score (nSPS) is 18.3. The van der Waals surface area contributed by atoms with Crippen molar-refractivity contribution in [3.05, 3.63) is 60.2 Å². The highest BCUT2D eigenvalue weighted by Crippen LogP contribution is 2.26. The lowest BCUT2D eigenvalue weighted by atomic mass is 10.0. The highest BCUT2D eigenvalue weighted by molar-refractivity contribution is 7.89. The molecule has 0 aliphatic carbocycles. The summed E-state index contributed by atoms with van der Waals surface area (Å²) < 4.78 is 27.0. The summed E-state index contributed by atoms with van der Waals surface area (Å²) in [7, 11) is -3.84. The minimum Gasteiger partial charge on any atom is -0.480 e. The van der Waals surface area contributed by atoms with Crippen molar-refractivity contribution in [1.29, 1.82) is 0 Å². The van der Waals surface area contributed by atoms with E-state index in [1.54, 1.807) is 42.5 Å². The number of sulfonamides is 1. The Morgan fingerprint density at radius 3 is 2.41 bits per heavy atom. The molecule has 9 heteroatoms. The van der Waals surface area contributed by atoms with Crippen molar-refractivity contribution in [3.8, 4) is 0 Å². The minimum atomic E-state index is -3.84. The number of nitrogens with zero attached hydrogens (tertiary/aromatic N) is 1. The summed E-state index contributed by atoms with van der Waals surface area (Å²) in [6, 6.07) is 12.5. The first-order valence-electron chi connectivity index (χ1n) is 9.23. The van der Waals surface area contributed by atoms with Crippen LogP contribution in [0.2, 0.25) is 0 Å². The fraction of sp³-hybridized carbons (Fsp3) is 0.300. The zero-order valence-electron chi connectivity index (χ0n) is 15.7. The van der Waals surface area contributed by atoms with Gasteiger partial charge in [-0.3, -0.25) is 4.79 Å². The number of rotatable bonds is 7. The van der Waals surface area contributed by atoms with Crippen molar-refractivity contribution in [2.45, 2.75) is 36.2 Å². The smallest absolute Gasteiger partial charge is 0.326 e. The fourth-order valence-electron chi connectivity index (χ4n) is 3.38. The molecular weight excluding hydrogens is 394 g/mol. The first-order chi connectivity index (χ1) is 13.8. The van der Waals surface area contributed by atoms with Crippen molar-refractivity contribution in [2.24, 2.45) is 0 Å². The van der Waals surface area contributed by atoms with Crippen LogP contribution >= 0.6 is 0 Å². The van der Waals surface area contributed by atoms with Gasteiger partial charge in [-0.2, -0.15) is 4.31 Å². The molecule has 29 heavy (non-hydrogen) atoms. The van der Waals surface area contributed by atoms with Crippen LogP contribution < -0.4 is 11.1 Å². The van der Waals surface area contributed by atoms with Crippen molar-refractivity contribution < 1.29 is 23.1 Å². The molecule has 1 aliphatic rings. The van der Waals surface area contributed by atoms with Crippen LogP contribution in [0, 0.1) is 0 Å². The summed E-state index contributed by atoms with van der Waals surface area (Å²) >= 11 is 0. The lowest BCUT2D eigenvalue weighted by molar-refractivity contribution is -0.142. The van der Waals surface area contributed by atoms with E-state index in [0.717, 1.165) is 4.31 Å². The van der Waals surface area contributed by atoms with E-state index >= 15 is 0 Å². The molecule has 0 spiro atoms. The number of nitrogens with two attached hydrogens (primary N) is 1. The number of nitrogen functional groups attached to an aromatic ring is 1. The van der Waals surface area contributed by atoms with Crippen LogP contribution in [0.15, 0.2) is 59.5 Å². The Morgan fingerprint density at radius 1 is 1.14 bits per heavy atom. The molecule has 154 valence electrons. The van der Waals surface area contributed by atoms with E-state index in [1.807, 2.05) is 0 Å². The minimum absolute atomic E-state index is 0.0690. The van der Waals surface area contributed by atoms with Gasteiger partial charge in [-0.15, -0.1) is 0 Å². The van der Waals surface area contributed by atoms with Gasteiger partial charge in [0.2, 0.25) is 15.9 Å². The van der Waals surface area contributed by atoms with Crippen molar-refractivity contribution >= 4 is 27.6 Å². The Balaban J connectivity index is 1.75. The van der Waals surface area contributed by atoms with Crippen LogP contribution in [0.4, 0.5) is 5.69 Å². The number of amides is 1. The first kappa shape index (κ1) is 20.8. The van der Waals surface area contributed by atoms with Gasteiger partial charge in [0.15, 0.2) is 0 Å². The number of carboxylic acid groups (broad SMARTS) is 1. The predicted octanol–water partition coefficient (Wildman–Crippen LogP) is 1.23. The molecule has 1 saturated heterocycles. The first-order valence-corrected chi connectivity index (χ1v) is 10.7. The molecule has 2 aromatic rings. The average Bonchev–Trinajstić information content (AvgIpc) is 3.20. The lowest BCUT2D eigenvalue weighted by Gasteiger charge is -2.25. The topological polar surface area (TPSA) is 130 Å². The predicted molar refractivity (Wildman–Crippen MR) is 107 cm³/mol. The van der Waals surface area contributed by atoms with Gasteiger partial charge in [-0.25, -0.2) is 13.2 Å². The highest BCUT2D eigenvalue weighted by atomic mass is 32.2. The molecule has 1 heterocycles. The van der Waals surface area contributed by atoms with Gasteiger partial charge in [0.05, 0.1) is 4.90 Å². The number of hydrogen-bond donors (Lipinski definition) is 3. The van der Waals surface area contributed by atoms with Crippen molar-refractivity contribution in [1.82, 2.24) is 9.62 Å². The summed E-state index contributed by atoms with van der Waals surface area (Å²) in [6.07, 6.45) is 0.936. The molecule has 8 nitrogen and oxygen atoms in total. The number of carboxylic acids is 1. The number of hydrogen-bond acceptors (Lipinski definition) is 5. The Hall–Kier alpha value is -2.91. The summed E-state index contributed by atoms with van der Waals surface area (Å²) in [4.78, 5) is 24.5. The van der Waals surface area contributed by atoms with Gasteiger partial charge in [0.1, 0.15) is 12.1 Å². The molecule has 0 bridgehead atoms. The number of benzene rings is 2. The summed E-state index contributed by atoms with van der Waals surface area (Å²) in [5, 5.41) is 12.0.